The number of alkyl halides is 3. The van der Waals surface area contributed by atoms with Gasteiger partial charge in [-0.05, 0) is 39.7 Å². The maximum atomic E-state index is 12.9. The molecule has 2 aliphatic heterocycles. The van der Waals surface area contributed by atoms with Crippen molar-refractivity contribution in [2.24, 2.45) is 4.99 Å². The largest absolute Gasteiger partial charge is 0.403 e. The number of nitrogens with one attached hydrogen (secondary N) is 1. The fraction of sp³-hybridized carbons (Fsp3) is 0.900. The minimum Gasteiger partial charge on any atom is -0.357 e. The van der Waals surface area contributed by atoms with Gasteiger partial charge < -0.3 is 15.1 Å². The number of amides is 1. The number of piperazine rings is 1. The van der Waals surface area contributed by atoms with Gasteiger partial charge in [0.2, 0.25) is 5.91 Å². The standard InChI is InChI=1S/C20H37F3N6O/c1-5-24-19(29-14-12-27(13-15-29)16(2)20(21,22)23)25-9-7-11-28-10-6-8-17(28)18(30)26(3)4/h16-17H,5-15H2,1-4H3,(H,24,25). The molecule has 2 unspecified atom stereocenters. The van der Waals surface area contributed by atoms with Crippen LogP contribution in [0.4, 0.5) is 13.2 Å². The Bertz CT molecular complexity index is 575. The van der Waals surface area contributed by atoms with E-state index in [-0.39, 0.29) is 11.9 Å². The molecule has 0 aromatic heterocycles. The molecule has 2 heterocycles. The first-order valence-corrected chi connectivity index (χ1v) is 10.9. The maximum Gasteiger partial charge on any atom is 0.403 e. The fourth-order valence-electron chi connectivity index (χ4n) is 4.08. The van der Waals surface area contributed by atoms with E-state index in [9.17, 15) is 18.0 Å². The van der Waals surface area contributed by atoms with Crippen LogP contribution in [0.3, 0.4) is 0 Å². The molecule has 0 aliphatic carbocycles. The average Bonchev–Trinajstić information content (AvgIpc) is 3.17. The molecule has 1 N–H and O–H groups in total. The summed E-state index contributed by atoms with van der Waals surface area (Å²) >= 11 is 0. The van der Waals surface area contributed by atoms with E-state index in [0.717, 1.165) is 38.3 Å². The van der Waals surface area contributed by atoms with Gasteiger partial charge in [0.15, 0.2) is 5.96 Å². The molecule has 2 aliphatic rings. The number of likely N-dealkylation sites (N-methyl/N-ethyl adjacent to an activating group) is 1. The van der Waals surface area contributed by atoms with Gasteiger partial charge in [-0.1, -0.05) is 0 Å². The van der Waals surface area contributed by atoms with Crippen molar-refractivity contribution >= 4 is 11.9 Å². The third kappa shape index (κ3) is 6.73. The van der Waals surface area contributed by atoms with Gasteiger partial charge in [-0.15, -0.1) is 0 Å². The van der Waals surface area contributed by atoms with Crippen molar-refractivity contribution in [1.82, 2.24) is 24.9 Å². The quantitative estimate of drug-likeness (QED) is 0.374. The molecule has 174 valence electrons. The van der Waals surface area contributed by atoms with Crippen molar-refractivity contribution in [1.29, 1.82) is 0 Å². The van der Waals surface area contributed by atoms with Gasteiger partial charge in [-0.2, -0.15) is 13.2 Å². The van der Waals surface area contributed by atoms with Crippen molar-refractivity contribution in [2.75, 3.05) is 66.5 Å². The predicted molar refractivity (Wildman–Crippen MR) is 113 cm³/mol. The topological polar surface area (TPSA) is 54.4 Å². The molecular formula is C20H37F3N6O. The minimum absolute atomic E-state index is 0.0269. The van der Waals surface area contributed by atoms with Crippen LogP contribution in [-0.4, -0.2) is 116 Å². The summed E-state index contributed by atoms with van der Waals surface area (Å²) in [6.07, 6.45) is -1.40. The summed E-state index contributed by atoms with van der Waals surface area (Å²) in [6.45, 7) is 8.10. The molecule has 1 amide bonds. The SMILES string of the molecule is CCNC(=NCCCN1CCCC1C(=O)N(C)C)N1CCN(C(C)C(F)(F)F)CC1. The Morgan fingerprint density at radius 2 is 1.87 bits per heavy atom. The number of guanidine groups is 1. The first-order chi connectivity index (χ1) is 14.1. The zero-order valence-electron chi connectivity index (χ0n) is 18.7. The van der Waals surface area contributed by atoms with Crippen LogP contribution in [0.25, 0.3) is 0 Å². The molecule has 2 saturated heterocycles. The normalized spacial score (nSPS) is 23.0. The Labute approximate surface area is 178 Å². The summed E-state index contributed by atoms with van der Waals surface area (Å²) in [5.74, 6) is 0.925. The summed E-state index contributed by atoms with van der Waals surface area (Å²) in [6, 6.07) is -1.45. The van der Waals surface area contributed by atoms with E-state index in [4.69, 9.17) is 4.99 Å². The van der Waals surface area contributed by atoms with Gasteiger partial charge >= 0.3 is 6.18 Å². The van der Waals surface area contributed by atoms with Crippen LogP contribution < -0.4 is 5.32 Å². The summed E-state index contributed by atoms with van der Waals surface area (Å²) in [7, 11) is 3.59. The van der Waals surface area contributed by atoms with Crippen LogP contribution >= 0.6 is 0 Å². The van der Waals surface area contributed by atoms with E-state index in [0.29, 0.717) is 39.3 Å². The maximum absolute atomic E-state index is 12.9. The van der Waals surface area contributed by atoms with Crippen LogP contribution in [0.2, 0.25) is 0 Å². The Balaban J connectivity index is 1.83. The summed E-state index contributed by atoms with van der Waals surface area (Å²) in [4.78, 5) is 24.4. The second-order valence-corrected chi connectivity index (χ2v) is 8.26. The molecule has 0 bridgehead atoms. The van der Waals surface area contributed by atoms with Gasteiger partial charge in [0.25, 0.3) is 0 Å². The number of rotatable bonds is 7. The van der Waals surface area contributed by atoms with Crippen LogP contribution in [0.5, 0.6) is 0 Å². The van der Waals surface area contributed by atoms with Gasteiger partial charge in [-0.25, -0.2) is 0 Å². The van der Waals surface area contributed by atoms with E-state index in [1.54, 1.807) is 19.0 Å². The number of nitrogens with zero attached hydrogens (tertiary/aromatic N) is 5. The highest BCUT2D eigenvalue weighted by Gasteiger charge is 2.41. The van der Waals surface area contributed by atoms with Gasteiger partial charge in [0.05, 0.1) is 6.04 Å². The van der Waals surface area contributed by atoms with Gasteiger partial charge in [0.1, 0.15) is 6.04 Å². The lowest BCUT2D eigenvalue weighted by Crippen LogP contribution is -2.56. The van der Waals surface area contributed by atoms with Crippen LogP contribution in [-0.2, 0) is 4.79 Å². The van der Waals surface area contributed by atoms with Gasteiger partial charge in [-0.3, -0.25) is 19.6 Å². The average molecular weight is 435 g/mol. The summed E-state index contributed by atoms with van der Waals surface area (Å²) in [5, 5.41) is 3.26. The molecule has 0 aromatic carbocycles. The van der Waals surface area contributed by atoms with E-state index in [1.807, 2.05) is 11.8 Å². The lowest BCUT2D eigenvalue weighted by atomic mass is 10.2. The lowest BCUT2D eigenvalue weighted by molar-refractivity contribution is -0.181. The molecule has 0 aromatic rings. The van der Waals surface area contributed by atoms with Crippen LogP contribution in [0.15, 0.2) is 4.99 Å². The zero-order valence-corrected chi connectivity index (χ0v) is 18.7. The highest BCUT2D eigenvalue weighted by atomic mass is 19.4. The second kappa shape index (κ2) is 11.2. The van der Waals surface area contributed by atoms with Crippen LogP contribution in [0.1, 0.15) is 33.1 Å². The first kappa shape index (κ1) is 24.7. The van der Waals surface area contributed by atoms with E-state index in [1.165, 1.54) is 11.8 Å². The van der Waals surface area contributed by atoms with Gasteiger partial charge in [0, 0.05) is 59.9 Å². The Morgan fingerprint density at radius 1 is 1.20 bits per heavy atom. The van der Waals surface area contributed by atoms with E-state index < -0.39 is 12.2 Å². The number of hydrogen-bond donors (Lipinski definition) is 1. The highest BCUT2D eigenvalue weighted by Crippen LogP contribution is 2.25. The molecule has 7 nitrogen and oxygen atoms in total. The molecule has 0 spiro atoms. The lowest BCUT2D eigenvalue weighted by Gasteiger charge is -2.39. The third-order valence-electron chi connectivity index (χ3n) is 5.92. The second-order valence-electron chi connectivity index (χ2n) is 8.26. The number of aliphatic imine (C=N–C) groups is 1. The zero-order chi connectivity index (χ0) is 22.3. The summed E-state index contributed by atoms with van der Waals surface area (Å²) < 4.78 is 38.8. The number of carbonyl (C=O) groups excluding carboxylic acids is 1. The van der Waals surface area contributed by atoms with Crippen LogP contribution in [0, 0.1) is 0 Å². The highest BCUT2D eigenvalue weighted by molar-refractivity contribution is 5.81. The van der Waals surface area contributed by atoms with Crippen molar-refractivity contribution in [3.05, 3.63) is 0 Å². The molecule has 2 fully saturated rings. The molecule has 2 atom stereocenters. The molecule has 0 radical (unpaired) electrons. The van der Waals surface area contributed by atoms with E-state index in [2.05, 4.69) is 10.2 Å². The number of likely N-dealkylation sites (tertiary alicyclic amines) is 1. The molecule has 2 rings (SSSR count). The fourth-order valence-corrected chi connectivity index (χ4v) is 4.08. The van der Waals surface area contributed by atoms with Crippen molar-refractivity contribution in [3.8, 4) is 0 Å². The number of carbonyl (C=O) groups is 1. The number of hydrogen-bond acceptors (Lipinski definition) is 4. The Kier molecular flexibility index (Phi) is 9.21. The van der Waals surface area contributed by atoms with Crippen molar-refractivity contribution in [3.63, 3.8) is 0 Å². The van der Waals surface area contributed by atoms with Crippen molar-refractivity contribution < 1.29 is 18.0 Å². The predicted octanol–water partition coefficient (Wildman–Crippen LogP) is 1.46. The Hall–Kier alpha value is -1.55. The monoisotopic (exact) mass is 434 g/mol. The number of halogens is 3. The molecule has 10 heteroatoms. The third-order valence-corrected chi connectivity index (χ3v) is 5.92. The minimum atomic E-state index is -4.19. The molecule has 0 saturated carbocycles. The molecule has 30 heavy (non-hydrogen) atoms. The first-order valence-electron chi connectivity index (χ1n) is 10.9. The summed E-state index contributed by atoms with van der Waals surface area (Å²) in [5.41, 5.74) is 0. The molecular weight excluding hydrogens is 397 g/mol. The smallest absolute Gasteiger partial charge is 0.357 e. The Morgan fingerprint density at radius 3 is 2.43 bits per heavy atom. The van der Waals surface area contributed by atoms with E-state index >= 15 is 0 Å². The van der Waals surface area contributed by atoms with Crippen molar-refractivity contribution in [2.45, 2.75) is 51.4 Å².